The molecule has 0 bridgehead atoms. The number of anilines is 1. The second-order valence-electron chi connectivity index (χ2n) is 5.97. The number of nitrogens with two attached hydrogens (primary N) is 1. The Bertz CT molecular complexity index is 695. The van der Waals surface area contributed by atoms with Gasteiger partial charge in [0.05, 0.1) is 18.7 Å². The molecule has 0 radical (unpaired) electrons. The topological polar surface area (TPSA) is 54.0 Å². The fourth-order valence-corrected chi connectivity index (χ4v) is 2.90. The molecule has 2 aromatic rings. The highest BCUT2D eigenvalue weighted by Gasteiger charge is 2.41. The minimum absolute atomic E-state index is 0.105. The van der Waals surface area contributed by atoms with E-state index in [1.165, 1.54) is 10.5 Å². The summed E-state index contributed by atoms with van der Waals surface area (Å²) in [5.74, 6) is -0.216. The molecule has 1 aliphatic rings. The molecule has 1 saturated heterocycles. The van der Waals surface area contributed by atoms with Gasteiger partial charge in [-0.3, -0.25) is 9.59 Å². The minimum Gasteiger partial charge on any atom is -0.335 e. The van der Waals surface area contributed by atoms with E-state index in [1.807, 2.05) is 54.7 Å². The maximum absolute atomic E-state index is 12.5. The highest BCUT2D eigenvalue weighted by atomic mass is 16.2. The van der Waals surface area contributed by atoms with Gasteiger partial charge in [-0.15, -0.1) is 0 Å². The Kier molecular flexibility index (Phi) is 4.53. The Morgan fingerprint density at radius 3 is 2.43 bits per heavy atom. The number of carbonyl (C=O) groups excluding carboxylic acids is 2. The summed E-state index contributed by atoms with van der Waals surface area (Å²) in [5, 5.41) is 1.99. The van der Waals surface area contributed by atoms with Crippen LogP contribution in [0.1, 0.15) is 17.5 Å². The van der Waals surface area contributed by atoms with E-state index in [0.29, 0.717) is 5.69 Å². The predicted molar refractivity (Wildman–Crippen MR) is 89.0 cm³/mol. The smallest absolute Gasteiger partial charge is 0.292 e. The first kappa shape index (κ1) is 15.4. The Hall–Kier alpha value is -2.46. The molecule has 4 nitrogen and oxygen atoms in total. The average molecular weight is 309 g/mol. The summed E-state index contributed by atoms with van der Waals surface area (Å²) in [4.78, 5) is 26.0. The van der Waals surface area contributed by atoms with Gasteiger partial charge in [0, 0.05) is 6.42 Å². The van der Waals surface area contributed by atoms with E-state index in [9.17, 15) is 9.59 Å². The van der Waals surface area contributed by atoms with E-state index in [2.05, 4.69) is 12.1 Å². The molecule has 3 rings (SSSR count). The SMILES string of the molecule is Cc1ccc(N2C(=O)CC([NH2+]CCc3ccccc3)C2=O)cc1. The lowest BCUT2D eigenvalue weighted by Gasteiger charge is -2.14. The van der Waals surface area contributed by atoms with Gasteiger partial charge in [0.25, 0.3) is 5.91 Å². The Morgan fingerprint density at radius 1 is 1.04 bits per heavy atom. The standard InChI is InChI=1S/C19H20N2O2/c1-14-7-9-16(10-8-14)21-18(22)13-17(19(21)23)20-12-11-15-5-3-2-4-6-15/h2-10,17,20H,11-13H2,1H3/p+1. The molecule has 0 aromatic heterocycles. The van der Waals surface area contributed by atoms with E-state index in [1.54, 1.807) is 0 Å². The van der Waals surface area contributed by atoms with Crippen LogP contribution in [0.5, 0.6) is 0 Å². The molecular weight excluding hydrogens is 288 g/mol. The van der Waals surface area contributed by atoms with Crippen molar-refractivity contribution in [3.63, 3.8) is 0 Å². The summed E-state index contributed by atoms with van der Waals surface area (Å²) in [7, 11) is 0. The Labute approximate surface area is 136 Å². The molecule has 1 unspecified atom stereocenters. The Balaban J connectivity index is 1.61. The molecule has 1 heterocycles. The first-order valence-corrected chi connectivity index (χ1v) is 7.96. The lowest BCUT2D eigenvalue weighted by molar-refractivity contribution is -0.674. The lowest BCUT2D eigenvalue weighted by Crippen LogP contribution is -2.92. The number of rotatable bonds is 5. The molecule has 118 valence electrons. The lowest BCUT2D eigenvalue weighted by atomic mass is 10.1. The number of carbonyl (C=O) groups is 2. The fraction of sp³-hybridized carbons (Fsp3) is 0.263. The second-order valence-corrected chi connectivity index (χ2v) is 5.97. The third kappa shape index (κ3) is 3.48. The van der Waals surface area contributed by atoms with Crippen LogP contribution >= 0.6 is 0 Å². The van der Waals surface area contributed by atoms with Crippen LogP contribution in [0.2, 0.25) is 0 Å². The number of benzene rings is 2. The number of quaternary nitrogens is 1. The molecule has 1 atom stereocenters. The van der Waals surface area contributed by atoms with Crippen molar-refractivity contribution in [1.82, 2.24) is 0 Å². The first-order valence-electron chi connectivity index (χ1n) is 7.96. The molecule has 23 heavy (non-hydrogen) atoms. The van der Waals surface area contributed by atoms with Crippen molar-refractivity contribution in [3.05, 3.63) is 65.7 Å². The first-order chi connectivity index (χ1) is 11.1. The number of amides is 2. The van der Waals surface area contributed by atoms with Crippen LogP contribution in [0.15, 0.2) is 54.6 Å². The van der Waals surface area contributed by atoms with Crippen LogP contribution in [0.3, 0.4) is 0 Å². The summed E-state index contributed by atoms with van der Waals surface area (Å²) in [5.41, 5.74) is 3.03. The van der Waals surface area contributed by atoms with Crippen molar-refractivity contribution >= 4 is 17.5 Å². The highest BCUT2D eigenvalue weighted by Crippen LogP contribution is 2.21. The third-order valence-corrected chi connectivity index (χ3v) is 4.20. The van der Waals surface area contributed by atoms with E-state index >= 15 is 0 Å². The number of hydrogen-bond acceptors (Lipinski definition) is 2. The van der Waals surface area contributed by atoms with E-state index < -0.39 is 0 Å². The molecule has 4 heteroatoms. The molecular formula is C19H21N2O2+. The second kappa shape index (κ2) is 6.75. The average Bonchev–Trinajstić information content (AvgIpc) is 2.84. The van der Waals surface area contributed by atoms with Gasteiger partial charge in [0.15, 0.2) is 6.04 Å². The summed E-state index contributed by atoms with van der Waals surface area (Å²) >= 11 is 0. The zero-order valence-corrected chi connectivity index (χ0v) is 13.2. The molecule has 2 N–H and O–H groups in total. The van der Waals surface area contributed by atoms with Crippen LogP contribution in [-0.4, -0.2) is 24.4 Å². The highest BCUT2D eigenvalue weighted by molar-refractivity contribution is 6.21. The normalized spacial score (nSPS) is 17.8. The van der Waals surface area contributed by atoms with Gasteiger partial charge >= 0.3 is 0 Å². The molecule has 2 amide bonds. The van der Waals surface area contributed by atoms with Crippen LogP contribution in [0.4, 0.5) is 5.69 Å². The summed E-state index contributed by atoms with van der Waals surface area (Å²) in [6.45, 7) is 2.78. The van der Waals surface area contributed by atoms with Crippen molar-refractivity contribution in [1.29, 1.82) is 0 Å². The number of aryl methyl sites for hydroxylation is 1. The van der Waals surface area contributed by atoms with Crippen molar-refractivity contribution in [2.45, 2.75) is 25.8 Å². The summed E-state index contributed by atoms with van der Waals surface area (Å²) in [6, 6.07) is 17.4. The fourth-order valence-electron chi connectivity index (χ4n) is 2.90. The maximum atomic E-state index is 12.5. The van der Waals surface area contributed by atoms with Gasteiger partial charge in [-0.25, -0.2) is 4.90 Å². The van der Waals surface area contributed by atoms with E-state index in [4.69, 9.17) is 0 Å². The van der Waals surface area contributed by atoms with E-state index in [0.717, 1.165) is 18.5 Å². The molecule has 0 spiro atoms. The van der Waals surface area contributed by atoms with Gasteiger partial charge in [-0.2, -0.15) is 0 Å². The number of imide groups is 1. The van der Waals surface area contributed by atoms with Gasteiger partial charge in [0.1, 0.15) is 0 Å². The van der Waals surface area contributed by atoms with Crippen LogP contribution < -0.4 is 10.2 Å². The monoisotopic (exact) mass is 309 g/mol. The molecule has 1 aliphatic heterocycles. The summed E-state index contributed by atoms with van der Waals surface area (Å²) in [6.07, 6.45) is 1.17. The van der Waals surface area contributed by atoms with Crippen molar-refractivity contribution < 1.29 is 14.9 Å². The quantitative estimate of drug-likeness (QED) is 0.850. The summed E-state index contributed by atoms with van der Waals surface area (Å²) < 4.78 is 0. The van der Waals surface area contributed by atoms with Crippen LogP contribution in [-0.2, 0) is 16.0 Å². The third-order valence-electron chi connectivity index (χ3n) is 4.20. The van der Waals surface area contributed by atoms with Crippen LogP contribution in [0, 0.1) is 6.92 Å². The Morgan fingerprint density at radius 2 is 1.74 bits per heavy atom. The number of nitrogens with zero attached hydrogens (tertiary/aromatic N) is 1. The van der Waals surface area contributed by atoms with Gasteiger partial charge in [-0.1, -0.05) is 48.0 Å². The molecule has 0 saturated carbocycles. The van der Waals surface area contributed by atoms with Crippen molar-refractivity contribution in [2.75, 3.05) is 11.4 Å². The van der Waals surface area contributed by atoms with Gasteiger partial charge in [0.2, 0.25) is 5.91 Å². The van der Waals surface area contributed by atoms with Gasteiger partial charge in [-0.05, 0) is 24.6 Å². The van der Waals surface area contributed by atoms with Crippen LogP contribution in [0.25, 0.3) is 0 Å². The molecule has 0 aliphatic carbocycles. The largest absolute Gasteiger partial charge is 0.335 e. The predicted octanol–water partition coefficient (Wildman–Crippen LogP) is 1.43. The maximum Gasteiger partial charge on any atom is 0.292 e. The minimum atomic E-state index is -0.299. The van der Waals surface area contributed by atoms with E-state index in [-0.39, 0.29) is 24.3 Å². The molecule has 1 fully saturated rings. The zero-order valence-electron chi connectivity index (χ0n) is 13.2. The van der Waals surface area contributed by atoms with Crippen molar-refractivity contribution in [3.8, 4) is 0 Å². The number of hydrogen-bond donors (Lipinski definition) is 1. The van der Waals surface area contributed by atoms with Crippen molar-refractivity contribution in [2.24, 2.45) is 0 Å². The van der Waals surface area contributed by atoms with Gasteiger partial charge < -0.3 is 5.32 Å². The zero-order chi connectivity index (χ0) is 16.2. The molecule has 2 aromatic carbocycles.